The lowest BCUT2D eigenvalue weighted by molar-refractivity contribution is 0.0235. The first-order valence-electron chi connectivity index (χ1n) is 7.93. The Morgan fingerprint density at radius 2 is 2.12 bits per heavy atom. The van der Waals surface area contributed by atoms with E-state index < -0.39 is 0 Å². The largest absolute Gasteiger partial charge is 0.373 e. The molecule has 1 aliphatic heterocycles. The van der Waals surface area contributed by atoms with Gasteiger partial charge < -0.3 is 15.4 Å². The lowest BCUT2D eigenvalue weighted by atomic mass is 9.99. The van der Waals surface area contributed by atoms with E-state index in [2.05, 4.69) is 15.7 Å². The van der Waals surface area contributed by atoms with Gasteiger partial charge in [0.15, 0.2) is 0 Å². The summed E-state index contributed by atoms with van der Waals surface area (Å²) in [5.41, 5.74) is 1.13. The zero-order valence-corrected chi connectivity index (χ0v) is 13.8. The number of ether oxygens (including phenoxy) is 1. The normalized spacial score (nSPS) is 19.2. The van der Waals surface area contributed by atoms with Gasteiger partial charge in [0.1, 0.15) is 5.82 Å². The zero-order chi connectivity index (χ0) is 17.2. The fourth-order valence-electron chi connectivity index (χ4n) is 2.71. The number of urea groups is 1. The van der Waals surface area contributed by atoms with Crippen LogP contribution in [0.3, 0.4) is 0 Å². The Bertz CT molecular complexity index is 712. The maximum absolute atomic E-state index is 12.9. The van der Waals surface area contributed by atoms with Crippen LogP contribution < -0.4 is 10.6 Å². The van der Waals surface area contributed by atoms with Crippen molar-refractivity contribution in [1.29, 1.82) is 0 Å². The van der Waals surface area contributed by atoms with Gasteiger partial charge in [-0.05, 0) is 50.6 Å². The molecule has 1 unspecified atom stereocenters. The van der Waals surface area contributed by atoms with Crippen molar-refractivity contribution in [1.82, 2.24) is 20.4 Å². The minimum absolute atomic E-state index is 0.00530. The van der Waals surface area contributed by atoms with Crippen molar-refractivity contribution in [3.8, 4) is 5.69 Å². The van der Waals surface area contributed by atoms with Gasteiger partial charge in [-0.2, -0.15) is 5.10 Å². The molecule has 0 saturated carbocycles. The molecule has 7 heteroatoms. The van der Waals surface area contributed by atoms with Crippen molar-refractivity contribution in [2.24, 2.45) is 0 Å². The van der Waals surface area contributed by atoms with Crippen molar-refractivity contribution in [2.45, 2.75) is 38.5 Å². The smallest absolute Gasteiger partial charge is 0.315 e. The minimum Gasteiger partial charge on any atom is -0.373 e. The SMILES string of the molecule is CC1(C)OCCC1NC(=O)NCc1ccn(-c2ccc(F)cc2)n1. The summed E-state index contributed by atoms with van der Waals surface area (Å²) in [4.78, 5) is 12.0. The number of nitrogens with zero attached hydrogens (tertiary/aromatic N) is 2. The molecular formula is C17H21FN4O2. The third kappa shape index (κ3) is 3.73. The molecule has 0 radical (unpaired) electrons. The van der Waals surface area contributed by atoms with E-state index in [1.54, 1.807) is 23.0 Å². The van der Waals surface area contributed by atoms with Crippen molar-refractivity contribution in [2.75, 3.05) is 6.61 Å². The highest BCUT2D eigenvalue weighted by Gasteiger charge is 2.36. The van der Waals surface area contributed by atoms with E-state index in [9.17, 15) is 9.18 Å². The van der Waals surface area contributed by atoms with Crippen LogP contribution in [0.25, 0.3) is 5.69 Å². The molecule has 2 heterocycles. The third-order valence-electron chi connectivity index (χ3n) is 4.19. The van der Waals surface area contributed by atoms with E-state index in [1.807, 2.05) is 19.9 Å². The van der Waals surface area contributed by atoms with E-state index in [1.165, 1.54) is 12.1 Å². The van der Waals surface area contributed by atoms with E-state index >= 15 is 0 Å². The van der Waals surface area contributed by atoms with Gasteiger partial charge in [-0.1, -0.05) is 0 Å². The van der Waals surface area contributed by atoms with Crippen LogP contribution >= 0.6 is 0 Å². The van der Waals surface area contributed by atoms with Gasteiger partial charge in [-0.15, -0.1) is 0 Å². The quantitative estimate of drug-likeness (QED) is 0.903. The van der Waals surface area contributed by atoms with Gasteiger partial charge in [0.05, 0.1) is 29.6 Å². The lowest BCUT2D eigenvalue weighted by Gasteiger charge is -2.26. The molecule has 2 aromatic rings. The number of carbonyl (C=O) groups excluding carboxylic acids is 1. The predicted molar refractivity (Wildman–Crippen MR) is 87.3 cm³/mol. The molecule has 0 spiro atoms. The fraction of sp³-hybridized carbons (Fsp3) is 0.412. The summed E-state index contributed by atoms with van der Waals surface area (Å²) < 4.78 is 20.2. The number of nitrogens with one attached hydrogen (secondary N) is 2. The van der Waals surface area contributed by atoms with Gasteiger partial charge in [-0.25, -0.2) is 13.9 Å². The number of rotatable bonds is 4. The number of hydrogen-bond donors (Lipinski definition) is 2. The average Bonchev–Trinajstić information content (AvgIpc) is 3.13. The Morgan fingerprint density at radius 1 is 1.38 bits per heavy atom. The summed E-state index contributed by atoms with van der Waals surface area (Å²) in [5, 5.41) is 10.1. The molecule has 3 rings (SSSR count). The Labute approximate surface area is 140 Å². The Morgan fingerprint density at radius 3 is 2.79 bits per heavy atom. The summed E-state index contributed by atoms with van der Waals surface area (Å²) in [6, 6.07) is 7.63. The number of benzene rings is 1. The summed E-state index contributed by atoms with van der Waals surface area (Å²) in [6.07, 6.45) is 2.58. The molecule has 24 heavy (non-hydrogen) atoms. The van der Waals surface area contributed by atoms with E-state index in [4.69, 9.17) is 4.74 Å². The summed E-state index contributed by atoms with van der Waals surface area (Å²) in [6.45, 7) is 4.90. The Balaban J connectivity index is 1.54. The number of amides is 2. The molecule has 1 aromatic carbocycles. The van der Waals surface area contributed by atoms with E-state index in [0.29, 0.717) is 13.2 Å². The summed E-state index contributed by atoms with van der Waals surface area (Å²) in [5.74, 6) is -0.289. The standard InChI is InChI=1S/C17H21FN4O2/c1-17(2)15(8-10-24-17)20-16(23)19-11-13-7-9-22(21-13)14-5-3-12(18)4-6-14/h3-7,9,15H,8,10-11H2,1-2H3,(H2,19,20,23). The van der Waals surface area contributed by atoms with Crippen LogP contribution in [0, 0.1) is 5.82 Å². The molecule has 2 N–H and O–H groups in total. The molecule has 1 saturated heterocycles. The van der Waals surface area contributed by atoms with Crippen LogP contribution in [-0.2, 0) is 11.3 Å². The van der Waals surface area contributed by atoms with Gasteiger partial charge in [0.2, 0.25) is 0 Å². The second-order valence-electron chi connectivity index (χ2n) is 6.35. The van der Waals surface area contributed by atoms with Crippen LogP contribution in [-0.4, -0.2) is 34.1 Å². The number of hydrogen-bond acceptors (Lipinski definition) is 3. The van der Waals surface area contributed by atoms with Gasteiger partial charge >= 0.3 is 6.03 Å². The van der Waals surface area contributed by atoms with Gasteiger partial charge in [0, 0.05) is 12.8 Å². The fourth-order valence-corrected chi connectivity index (χ4v) is 2.71. The van der Waals surface area contributed by atoms with Crippen LogP contribution in [0.2, 0.25) is 0 Å². The summed E-state index contributed by atoms with van der Waals surface area (Å²) in [7, 11) is 0. The molecule has 1 aliphatic rings. The second-order valence-corrected chi connectivity index (χ2v) is 6.35. The average molecular weight is 332 g/mol. The Hall–Kier alpha value is -2.41. The zero-order valence-electron chi connectivity index (χ0n) is 13.8. The van der Waals surface area contributed by atoms with E-state index in [0.717, 1.165) is 17.8 Å². The highest BCUT2D eigenvalue weighted by atomic mass is 19.1. The van der Waals surface area contributed by atoms with Crippen molar-refractivity contribution < 1.29 is 13.9 Å². The van der Waals surface area contributed by atoms with Crippen LogP contribution in [0.15, 0.2) is 36.5 Å². The Kier molecular flexibility index (Phi) is 4.53. The molecular weight excluding hydrogens is 311 g/mol. The predicted octanol–water partition coefficient (Wildman–Crippen LogP) is 2.38. The molecule has 128 valence electrons. The number of halogens is 1. The van der Waals surface area contributed by atoms with Crippen LogP contribution in [0.1, 0.15) is 26.0 Å². The molecule has 2 amide bonds. The van der Waals surface area contributed by atoms with Gasteiger partial charge in [-0.3, -0.25) is 0 Å². The molecule has 0 aliphatic carbocycles. The topological polar surface area (TPSA) is 68.2 Å². The molecule has 0 bridgehead atoms. The monoisotopic (exact) mass is 332 g/mol. The first kappa shape index (κ1) is 16.4. The third-order valence-corrected chi connectivity index (χ3v) is 4.19. The maximum Gasteiger partial charge on any atom is 0.315 e. The van der Waals surface area contributed by atoms with E-state index in [-0.39, 0.29) is 23.5 Å². The summed E-state index contributed by atoms with van der Waals surface area (Å²) >= 11 is 0. The molecule has 1 aromatic heterocycles. The second kappa shape index (κ2) is 6.60. The van der Waals surface area contributed by atoms with Crippen molar-refractivity contribution in [3.63, 3.8) is 0 Å². The van der Waals surface area contributed by atoms with Crippen molar-refractivity contribution in [3.05, 3.63) is 48.0 Å². The lowest BCUT2D eigenvalue weighted by Crippen LogP contribution is -2.49. The minimum atomic E-state index is -0.346. The first-order chi connectivity index (χ1) is 11.4. The number of aromatic nitrogens is 2. The molecule has 6 nitrogen and oxygen atoms in total. The first-order valence-corrected chi connectivity index (χ1v) is 7.93. The highest BCUT2D eigenvalue weighted by molar-refractivity contribution is 5.74. The van der Waals surface area contributed by atoms with Gasteiger partial charge in [0.25, 0.3) is 0 Å². The molecule has 1 fully saturated rings. The number of carbonyl (C=O) groups is 1. The maximum atomic E-state index is 12.9. The molecule has 1 atom stereocenters. The van der Waals surface area contributed by atoms with Crippen LogP contribution in [0.5, 0.6) is 0 Å². The van der Waals surface area contributed by atoms with Crippen LogP contribution in [0.4, 0.5) is 9.18 Å². The van der Waals surface area contributed by atoms with Crippen molar-refractivity contribution >= 4 is 6.03 Å². The highest BCUT2D eigenvalue weighted by Crippen LogP contribution is 2.24.